The zero-order valence-corrected chi connectivity index (χ0v) is 11.4. The molecule has 0 atom stereocenters. The molecule has 1 N–H and O–H groups in total. The average molecular weight is 282 g/mol. The smallest absolute Gasteiger partial charge is 0.258 e. The second-order valence-corrected chi connectivity index (χ2v) is 4.17. The van der Waals surface area contributed by atoms with E-state index in [2.05, 4.69) is 15.4 Å². The van der Waals surface area contributed by atoms with Gasteiger partial charge in [-0.3, -0.25) is 4.68 Å². The van der Waals surface area contributed by atoms with Crippen molar-refractivity contribution in [2.45, 2.75) is 26.8 Å². The molecule has 0 saturated carbocycles. The van der Waals surface area contributed by atoms with Gasteiger partial charge in [-0.25, -0.2) is 8.78 Å². The number of hydrogen-bond acceptors (Lipinski definition) is 4. The summed E-state index contributed by atoms with van der Waals surface area (Å²) in [6.07, 6.45) is 3.87. The molecule has 0 aliphatic heterocycles. The molecule has 5 nitrogen and oxygen atoms in total. The Balaban J connectivity index is 2.21. The second-order valence-electron chi connectivity index (χ2n) is 4.17. The molecule has 2 heterocycles. The van der Waals surface area contributed by atoms with Crippen LogP contribution in [0.1, 0.15) is 20.3 Å². The highest BCUT2D eigenvalue weighted by Crippen LogP contribution is 2.25. The molecule has 0 aliphatic carbocycles. The van der Waals surface area contributed by atoms with Crippen LogP contribution in [0.15, 0.2) is 18.5 Å². The molecule has 0 fully saturated rings. The van der Waals surface area contributed by atoms with E-state index >= 15 is 0 Å². The van der Waals surface area contributed by atoms with E-state index in [0.29, 0.717) is 18.8 Å². The van der Waals surface area contributed by atoms with Crippen molar-refractivity contribution in [2.75, 3.05) is 11.9 Å². The molecule has 7 heteroatoms. The van der Waals surface area contributed by atoms with Crippen molar-refractivity contribution in [3.63, 3.8) is 0 Å². The van der Waals surface area contributed by atoms with Gasteiger partial charge in [0.25, 0.3) is 5.88 Å². The van der Waals surface area contributed by atoms with Crippen molar-refractivity contribution in [1.82, 2.24) is 14.8 Å². The zero-order valence-electron chi connectivity index (χ0n) is 11.4. The van der Waals surface area contributed by atoms with E-state index in [1.807, 2.05) is 13.8 Å². The highest BCUT2D eigenvalue weighted by molar-refractivity contribution is 5.40. The lowest BCUT2D eigenvalue weighted by Crippen LogP contribution is -2.06. The normalized spacial score (nSPS) is 10.6. The highest BCUT2D eigenvalue weighted by Gasteiger charge is 2.14. The highest BCUT2D eigenvalue weighted by atomic mass is 19.1. The predicted molar refractivity (Wildman–Crippen MR) is 70.9 cm³/mol. The number of anilines is 1. The molecule has 0 bridgehead atoms. The molecular formula is C13H16F2N4O. The maximum absolute atomic E-state index is 13.6. The maximum Gasteiger partial charge on any atom is 0.258 e. The first-order valence-corrected chi connectivity index (χ1v) is 6.44. The molecule has 0 unspecified atom stereocenters. The lowest BCUT2D eigenvalue weighted by atomic mass is 10.4. The summed E-state index contributed by atoms with van der Waals surface area (Å²) in [5.41, 5.74) is 0. The van der Waals surface area contributed by atoms with Crippen molar-refractivity contribution in [2.24, 2.45) is 0 Å². The van der Waals surface area contributed by atoms with Crippen LogP contribution in [0, 0.1) is 11.6 Å². The Morgan fingerprint density at radius 2 is 2.10 bits per heavy atom. The van der Waals surface area contributed by atoms with Crippen LogP contribution in [0.2, 0.25) is 0 Å². The molecule has 0 radical (unpaired) electrons. The van der Waals surface area contributed by atoms with Crippen LogP contribution < -0.4 is 10.1 Å². The monoisotopic (exact) mass is 282 g/mol. The fourth-order valence-electron chi connectivity index (χ4n) is 1.57. The van der Waals surface area contributed by atoms with Crippen LogP contribution in [0.3, 0.4) is 0 Å². The van der Waals surface area contributed by atoms with Gasteiger partial charge in [0.2, 0.25) is 0 Å². The number of nitrogens with one attached hydrogen (secondary N) is 1. The minimum Gasteiger partial charge on any atom is -0.433 e. The molecule has 2 aromatic rings. The van der Waals surface area contributed by atoms with Crippen LogP contribution in [-0.2, 0) is 6.54 Å². The van der Waals surface area contributed by atoms with Crippen LogP contribution in [0.5, 0.6) is 11.6 Å². The van der Waals surface area contributed by atoms with E-state index in [4.69, 9.17) is 4.74 Å². The molecular weight excluding hydrogens is 266 g/mol. The summed E-state index contributed by atoms with van der Waals surface area (Å²) in [7, 11) is 0. The zero-order chi connectivity index (χ0) is 14.5. The van der Waals surface area contributed by atoms with Crippen molar-refractivity contribution in [3.05, 3.63) is 30.1 Å². The molecule has 0 amide bonds. The number of aromatic nitrogens is 3. The van der Waals surface area contributed by atoms with Crippen molar-refractivity contribution in [1.29, 1.82) is 0 Å². The van der Waals surface area contributed by atoms with E-state index in [1.54, 1.807) is 10.9 Å². The second kappa shape index (κ2) is 6.31. The third-order valence-corrected chi connectivity index (χ3v) is 2.59. The minimum absolute atomic E-state index is 0.0221. The van der Waals surface area contributed by atoms with Gasteiger partial charge in [-0.2, -0.15) is 10.1 Å². The van der Waals surface area contributed by atoms with Crippen LogP contribution in [-0.4, -0.2) is 21.3 Å². The number of nitrogens with zero attached hydrogens (tertiary/aromatic N) is 3. The van der Waals surface area contributed by atoms with Gasteiger partial charge in [0.15, 0.2) is 23.2 Å². The number of aryl methyl sites for hydroxylation is 1. The van der Waals surface area contributed by atoms with E-state index in [9.17, 15) is 8.78 Å². The molecule has 108 valence electrons. The number of ether oxygens (including phenoxy) is 1. The number of rotatable bonds is 6. The lowest BCUT2D eigenvalue weighted by molar-refractivity contribution is 0.417. The van der Waals surface area contributed by atoms with Gasteiger partial charge >= 0.3 is 0 Å². The van der Waals surface area contributed by atoms with E-state index < -0.39 is 11.6 Å². The molecule has 2 aromatic heterocycles. The number of hydrogen-bond donors (Lipinski definition) is 1. The first-order chi connectivity index (χ1) is 9.63. The Kier molecular flexibility index (Phi) is 4.49. The Bertz CT molecular complexity index is 586. The van der Waals surface area contributed by atoms with Gasteiger partial charge in [-0.15, -0.1) is 0 Å². The summed E-state index contributed by atoms with van der Waals surface area (Å²) in [6, 6.07) is 0.755. The third kappa shape index (κ3) is 3.23. The summed E-state index contributed by atoms with van der Waals surface area (Å²) in [4.78, 5) is 3.82. The Morgan fingerprint density at radius 1 is 1.30 bits per heavy atom. The molecule has 0 aromatic carbocycles. The molecule has 0 saturated heterocycles. The minimum atomic E-state index is -0.853. The molecule has 2 rings (SSSR count). The lowest BCUT2D eigenvalue weighted by Gasteiger charge is -2.08. The maximum atomic E-state index is 13.6. The third-order valence-electron chi connectivity index (χ3n) is 2.59. The molecule has 0 aliphatic rings. The summed E-state index contributed by atoms with van der Waals surface area (Å²) >= 11 is 0. The Hall–Kier alpha value is -2.18. The number of pyridine rings is 1. The Labute approximate surface area is 115 Å². The summed E-state index contributed by atoms with van der Waals surface area (Å²) in [5, 5.41) is 6.78. The summed E-state index contributed by atoms with van der Waals surface area (Å²) < 4.78 is 34.1. The van der Waals surface area contributed by atoms with E-state index in [-0.39, 0.29) is 11.7 Å². The molecule has 20 heavy (non-hydrogen) atoms. The average Bonchev–Trinajstić information content (AvgIpc) is 2.88. The largest absolute Gasteiger partial charge is 0.433 e. The SMILES string of the molecule is CCCNc1nc(Oc2cnn(CC)c2)c(F)cc1F. The first-order valence-electron chi connectivity index (χ1n) is 6.44. The quantitative estimate of drug-likeness (QED) is 0.884. The summed E-state index contributed by atoms with van der Waals surface area (Å²) in [6.45, 7) is 5.07. The predicted octanol–water partition coefficient (Wildman–Crippen LogP) is 3.19. The van der Waals surface area contributed by atoms with Crippen LogP contribution in [0.25, 0.3) is 0 Å². The van der Waals surface area contributed by atoms with Gasteiger partial charge in [-0.1, -0.05) is 6.92 Å². The first kappa shape index (κ1) is 14.2. The summed E-state index contributed by atoms with van der Waals surface area (Å²) in [5.74, 6) is -1.54. The fourth-order valence-corrected chi connectivity index (χ4v) is 1.57. The van der Waals surface area contributed by atoms with Gasteiger partial charge in [0, 0.05) is 19.2 Å². The Morgan fingerprint density at radius 3 is 2.75 bits per heavy atom. The van der Waals surface area contributed by atoms with Gasteiger partial charge in [-0.05, 0) is 13.3 Å². The van der Waals surface area contributed by atoms with E-state index in [1.165, 1.54) is 6.20 Å². The van der Waals surface area contributed by atoms with Crippen LogP contribution >= 0.6 is 0 Å². The van der Waals surface area contributed by atoms with Crippen LogP contribution in [0.4, 0.5) is 14.6 Å². The van der Waals surface area contributed by atoms with Gasteiger partial charge < -0.3 is 10.1 Å². The fraction of sp³-hybridized carbons (Fsp3) is 0.385. The molecule has 0 spiro atoms. The van der Waals surface area contributed by atoms with E-state index in [0.717, 1.165) is 12.5 Å². The van der Waals surface area contributed by atoms with Crippen molar-refractivity contribution in [3.8, 4) is 11.6 Å². The topological polar surface area (TPSA) is 52.0 Å². The van der Waals surface area contributed by atoms with Crippen molar-refractivity contribution >= 4 is 5.82 Å². The van der Waals surface area contributed by atoms with Gasteiger partial charge in [0.05, 0.1) is 12.4 Å². The van der Waals surface area contributed by atoms with Crippen molar-refractivity contribution < 1.29 is 13.5 Å². The van der Waals surface area contributed by atoms with Gasteiger partial charge in [0.1, 0.15) is 0 Å². The standard InChI is InChI=1S/C13H16F2N4O/c1-3-5-16-12-10(14)6-11(15)13(18-12)20-9-7-17-19(4-2)8-9/h6-8H,3-5H2,1-2H3,(H,16,18). The number of halogens is 2.